The number of fused-ring (bicyclic) bond motifs is 10. The van der Waals surface area contributed by atoms with Gasteiger partial charge in [0.1, 0.15) is 0 Å². The van der Waals surface area contributed by atoms with E-state index in [0.29, 0.717) is 0 Å². The van der Waals surface area contributed by atoms with Crippen molar-refractivity contribution in [2.45, 2.75) is 47.0 Å². The normalized spacial score (nSPS) is 13.1. The smallest absolute Gasteiger partial charge is 0.0683 e. The maximum atomic E-state index is 2.41. The summed E-state index contributed by atoms with van der Waals surface area (Å²) in [6.45, 7) is 12.4. The second-order valence-electron chi connectivity index (χ2n) is 7.94. The Morgan fingerprint density at radius 2 is 0.774 bits per heavy atom. The van der Waals surface area contributed by atoms with Gasteiger partial charge in [-0.25, -0.2) is 0 Å². The third-order valence-electron chi connectivity index (χ3n) is 6.40. The Hall–Kier alpha value is -3.12. The van der Waals surface area contributed by atoms with E-state index in [4.69, 9.17) is 0 Å². The van der Waals surface area contributed by atoms with E-state index >= 15 is 0 Å². The lowest BCUT2D eigenvalue weighted by molar-refractivity contribution is 0.791. The second-order valence-corrected chi connectivity index (χ2v) is 7.94. The molecule has 2 aliphatic carbocycles. The second kappa shape index (κ2) is 8.19. The minimum absolute atomic E-state index is 0.199. The molecular formula is C31H32. The number of hydrogen-bond acceptors (Lipinski definition) is 0. The molecule has 0 nitrogen and oxygen atoms in total. The van der Waals surface area contributed by atoms with Crippen molar-refractivity contribution >= 4 is 0 Å². The summed E-state index contributed by atoms with van der Waals surface area (Å²) in [6, 6.07) is 31.9. The highest BCUT2D eigenvalue weighted by molar-refractivity contribution is 5.95. The zero-order valence-electron chi connectivity index (χ0n) is 19.6. The van der Waals surface area contributed by atoms with E-state index in [1.54, 1.807) is 0 Å². The van der Waals surface area contributed by atoms with E-state index in [-0.39, 0.29) is 5.41 Å². The summed E-state index contributed by atoms with van der Waals surface area (Å²) in [7, 11) is 0. The van der Waals surface area contributed by atoms with Crippen LogP contribution in [0, 0.1) is 13.8 Å². The summed E-state index contributed by atoms with van der Waals surface area (Å²) in [5.41, 5.74) is 13.6. The summed E-state index contributed by atoms with van der Waals surface area (Å²) >= 11 is 0. The molecule has 0 unspecified atom stereocenters. The van der Waals surface area contributed by atoms with Gasteiger partial charge in [-0.05, 0) is 58.4 Å². The van der Waals surface area contributed by atoms with Crippen molar-refractivity contribution in [2.24, 2.45) is 0 Å². The van der Waals surface area contributed by atoms with Crippen LogP contribution in [0.25, 0.3) is 22.3 Å². The third kappa shape index (κ3) is 2.82. The fourth-order valence-electron chi connectivity index (χ4n) is 5.37. The maximum absolute atomic E-state index is 2.41. The highest BCUT2D eigenvalue weighted by Gasteiger charge is 2.51. The molecule has 4 aromatic rings. The molecule has 0 heteroatoms. The van der Waals surface area contributed by atoms with Crippen LogP contribution in [0.2, 0.25) is 0 Å². The van der Waals surface area contributed by atoms with Crippen LogP contribution in [0.15, 0.2) is 84.9 Å². The van der Waals surface area contributed by atoms with E-state index < -0.39 is 0 Å². The molecule has 31 heavy (non-hydrogen) atoms. The molecule has 6 rings (SSSR count). The fourth-order valence-corrected chi connectivity index (χ4v) is 5.37. The lowest BCUT2D eigenvalue weighted by atomic mass is 9.70. The van der Waals surface area contributed by atoms with Crippen LogP contribution >= 0.6 is 0 Å². The van der Waals surface area contributed by atoms with Gasteiger partial charge < -0.3 is 0 Å². The van der Waals surface area contributed by atoms with Crippen LogP contribution in [0.4, 0.5) is 0 Å². The highest BCUT2D eigenvalue weighted by atomic mass is 14.5. The summed E-state index contributed by atoms with van der Waals surface area (Å²) in [4.78, 5) is 0. The van der Waals surface area contributed by atoms with Gasteiger partial charge in [0.15, 0.2) is 0 Å². The molecule has 0 saturated carbocycles. The molecule has 0 radical (unpaired) electrons. The Morgan fingerprint density at radius 3 is 1.19 bits per heavy atom. The number of rotatable bonds is 0. The van der Waals surface area contributed by atoms with E-state index in [1.807, 2.05) is 27.7 Å². The number of hydrogen-bond donors (Lipinski definition) is 0. The Kier molecular flexibility index (Phi) is 5.58. The molecule has 0 N–H and O–H groups in total. The minimum Gasteiger partial charge on any atom is -0.0683 e. The van der Waals surface area contributed by atoms with Gasteiger partial charge in [0, 0.05) is 0 Å². The summed E-state index contributed by atoms with van der Waals surface area (Å²) < 4.78 is 0. The molecule has 0 atom stereocenters. The zero-order chi connectivity index (χ0) is 22.2. The van der Waals surface area contributed by atoms with E-state index in [0.717, 1.165) is 0 Å². The lowest BCUT2D eigenvalue weighted by Crippen LogP contribution is -2.26. The summed E-state index contributed by atoms with van der Waals surface area (Å²) in [6.07, 6.45) is 0. The molecule has 2 aliphatic rings. The first kappa shape index (κ1) is 21.1. The Morgan fingerprint density at radius 1 is 0.419 bits per heavy atom. The molecule has 156 valence electrons. The van der Waals surface area contributed by atoms with E-state index in [2.05, 4.69) is 98.8 Å². The van der Waals surface area contributed by atoms with Gasteiger partial charge in [-0.2, -0.15) is 0 Å². The molecule has 0 bridgehead atoms. The Bertz CT molecular complexity index is 1140. The van der Waals surface area contributed by atoms with Gasteiger partial charge in [-0.1, -0.05) is 124 Å². The fraction of sp³-hybridized carbons (Fsp3) is 0.226. The Labute approximate surface area is 187 Å². The van der Waals surface area contributed by atoms with Crippen molar-refractivity contribution in [1.82, 2.24) is 0 Å². The van der Waals surface area contributed by atoms with Crippen LogP contribution < -0.4 is 0 Å². The summed E-state index contributed by atoms with van der Waals surface area (Å²) in [5.74, 6) is 0. The van der Waals surface area contributed by atoms with Crippen LogP contribution in [0.5, 0.6) is 0 Å². The molecule has 0 aromatic heterocycles. The molecule has 0 saturated heterocycles. The lowest BCUT2D eigenvalue weighted by Gasteiger charge is -2.30. The van der Waals surface area contributed by atoms with Crippen molar-refractivity contribution in [3.8, 4) is 22.3 Å². The van der Waals surface area contributed by atoms with Crippen molar-refractivity contribution in [2.75, 3.05) is 0 Å². The highest BCUT2D eigenvalue weighted by Crippen LogP contribution is 2.62. The predicted octanol–water partition coefficient (Wildman–Crippen LogP) is 8.70. The first-order valence-electron chi connectivity index (χ1n) is 11.6. The number of benzene rings is 4. The van der Waals surface area contributed by atoms with Crippen LogP contribution in [0.1, 0.15) is 61.1 Å². The number of aryl methyl sites for hydroxylation is 2. The molecule has 0 heterocycles. The van der Waals surface area contributed by atoms with Crippen LogP contribution in [-0.2, 0) is 5.41 Å². The van der Waals surface area contributed by atoms with Crippen molar-refractivity contribution in [3.63, 3.8) is 0 Å². The summed E-state index contributed by atoms with van der Waals surface area (Å²) in [5, 5.41) is 0. The van der Waals surface area contributed by atoms with Crippen molar-refractivity contribution in [1.29, 1.82) is 0 Å². The molecule has 0 fully saturated rings. The first-order valence-corrected chi connectivity index (χ1v) is 11.6. The minimum atomic E-state index is -0.199. The molecular weight excluding hydrogens is 372 g/mol. The molecule has 1 spiro atoms. The van der Waals surface area contributed by atoms with Gasteiger partial charge in [0.2, 0.25) is 0 Å². The monoisotopic (exact) mass is 404 g/mol. The van der Waals surface area contributed by atoms with Crippen LogP contribution in [-0.4, -0.2) is 0 Å². The van der Waals surface area contributed by atoms with Gasteiger partial charge in [-0.3, -0.25) is 0 Å². The molecule has 0 amide bonds. The maximum Gasteiger partial charge on any atom is 0.0725 e. The van der Waals surface area contributed by atoms with Gasteiger partial charge in [-0.15, -0.1) is 0 Å². The quantitative estimate of drug-likeness (QED) is 0.237. The van der Waals surface area contributed by atoms with E-state index in [1.165, 1.54) is 55.6 Å². The average Bonchev–Trinajstić information content (AvgIpc) is 3.28. The van der Waals surface area contributed by atoms with E-state index in [9.17, 15) is 0 Å². The molecule has 4 aromatic carbocycles. The van der Waals surface area contributed by atoms with Crippen molar-refractivity contribution in [3.05, 3.63) is 118 Å². The zero-order valence-corrected chi connectivity index (χ0v) is 19.6. The largest absolute Gasteiger partial charge is 0.0725 e. The van der Waals surface area contributed by atoms with Crippen LogP contribution in [0.3, 0.4) is 0 Å². The predicted molar refractivity (Wildman–Crippen MR) is 135 cm³/mol. The standard InChI is InChI=1S/C27H20.2C2H6/c1-17-11-13-21-22-14-12-18(2)16-26(22)27(25(21)15-17)23-9-5-3-7-19(23)20-8-4-6-10-24(20)27;2*1-2/h3-16H,1-2H3;2*1-2H3. The first-order chi connectivity index (χ1) is 15.2. The van der Waals surface area contributed by atoms with Gasteiger partial charge in [0.05, 0.1) is 5.41 Å². The third-order valence-corrected chi connectivity index (χ3v) is 6.40. The molecule has 0 aliphatic heterocycles. The van der Waals surface area contributed by atoms with Gasteiger partial charge in [0.25, 0.3) is 0 Å². The topological polar surface area (TPSA) is 0 Å². The average molecular weight is 405 g/mol. The van der Waals surface area contributed by atoms with Gasteiger partial charge >= 0.3 is 0 Å². The Balaban J connectivity index is 0.000000549. The van der Waals surface area contributed by atoms with Crippen molar-refractivity contribution < 1.29 is 0 Å². The SMILES string of the molecule is CC.CC.Cc1ccc2c(c1)C1(c3ccccc3-c3ccccc31)c1cc(C)ccc1-2.